The van der Waals surface area contributed by atoms with Crippen LogP contribution in [0.3, 0.4) is 0 Å². The van der Waals surface area contributed by atoms with Crippen molar-refractivity contribution in [3.63, 3.8) is 0 Å². The molecule has 0 fully saturated rings. The molecule has 7 heteroatoms. The van der Waals surface area contributed by atoms with Crippen molar-refractivity contribution in [1.82, 2.24) is 9.78 Å². The quantitative estimate of drug-likeness (QED) is 0.571. The standard InChI is InChI=1S/C23H24N2O5/c1-6-30-21-14(2)12-16(13-15(21)3)19-18(22(26)28-4)20(23(27)29-5)25(24-19)17-10-8-7-9-11-17/h7-13H,6H2,1-5H3. The number of ether oxygens (including phenoxy) is 3. The van der Waals surface area contributed by atoms with Crippen molar-refractivity contribution < 1.29 is 23.8 Å². The van der Waals surface area contributed by atoms with Gasteiger partial charge in [-0.2, -0.15) is 5.10 Å². The molecule has 30 heavy (non-hydrogen) atoms. The molecule has 3 aromatic rings. The summed E-state index contributed by atoms with van der Waals surface area (Å²) in [6.07, 6.45) is 0. The summed E-state index contributed by atoms with van der Waals surface area (Å²) >= 11 is 0. The monoisotopic (exact) mass is 408 g/mol. The van der Waals surface area contributed by atoms with Gasteiger partial charge in [0.05, 0.1) is 26.5 Å². The zero-order valence-corrected chi connectivity index (χ0v) is 17.7. The molecule has 0 saturated heterocycles. The maximum absolute atomic E-state index is 12.7. The maximum atomic E-state index is 12.7. The summed E-state index contributed by atoms with van der Waals surface area (Å²) in [6, 6.07) is 12.8. The number of methoxy groups -OCH3 is 2. The minimum atomic E-state index is -0.683. The number of hydrogen-bond acceptors (Lipinski definition) is 6. The zero-order valence-electron chi connectivity index (χ0n) is 17.7. The summed E-state index contributed by atoms with van der Waals surface area (Å²) in [5.74, 6) is -0.564. The third-order valence-corrected chi connectivity index (χ3v) is 4.68. The van der Waals surface area contributed by atoms with E-state index in [0.717, 1.165) is 16.9 Å². The van der Waals surface area contributed by atoms with Gasteiger partial charge in [-0.05, 0) is 56.2 Å². The number of carbonyl (C=O) groups excluding carboxylic acids is 2. The van der Waals surface area contributed by atoms with E-state index in [2.05, 4.69) is 5.10 Å². The van der Waals surface area contributed by atoms with Crippen LogP contribution in [0.1, 0.15) is 38.9 Å². The molecule has 0 bridgehead atoms. The summed E-state index contributed by atoms with van der Waals surface area (Å²) in [5, 5.41) is 4.62. The number of nitrogens with zero attached hydrogens (tertiary/aromatic N) is 2. The van der Waals surface area contributed by atoms with E-state index in [1.165, 1.54) is 18.9 Å². The minimum absolute atomic E-state index is 0.00902. The predicted octanol–water partition coefficient (Wildman–Crippen LogP) is 4.13. The number of rotatable bonds is 6. The first-order valence-electron chi connectivity index (χ1n) is 9.52. The fourth-order valence-electron chi connectivity index (χ4n) is 3.42. The summed E-state index contributed by atoms with van der Waals surface area (Å²) in [5.41, 5.74) is 3.49. The minimum Gasteiger partial charge on any atom is -0.493 e. The fourth-order valence-corrected chi connectivity index (χ4v) is 3.42. The van der Waals surface area contributed by atoms with Crippen LogP contribution in [0.4, 0.5) is 0 Å². The van der Waals surface area contributed by atoms with E-state index < -0.39 is 11.9 Å². The van der Waals surface area contributed by atoms with Crippen molar-refractivity contribution in [3.05, 3.63) is 64.8 Å². The molecule has 0 N–H and O–H groups in total. The third kappa shape index (κ3) is 3.78. The van der Waals surface area contributed by atoms with Crippen LogP contribution in [0.2, 0.25) is 0 Å². The van der Waals surface area contributed by atoms with Crippen LogP contribution in [0.15, 0.2) is 42.5 Å². The molecule has 0 atom stereocenters. The summed E-state index contributed by atoms with van der Waals surface area (Å²) in [4.78, 5) is 25.4. The van der Waals surface area contributed by atoms with Gasteiger partial charge in [-0.1, -0.05) is 18.2 Å². The Morgan fingerprint density at radius 3 is 2.10 bits per heavy atom. The topological polar surface area (TPSA) is 79.7 Å². The molecule has 1 aromatic heterocycles. The second kappa shape index (κ2) is 8.82. The molecule has 0 unspecified atom stereocenters. The molecular weight excluding hydrogens is 384 g/mol. The van der Waals surface area contributed by atoms with Gasteiger partial charge in [0, 0.05) is 5.56 Å². The highest BCUT2D eigenvalue weighted by Gasteiger charge is 2.31. The van der Waals surface area contributed by atoms with E-state index in [1.807, 2.05) is 51.1 Å². The van der Waals surface area contributed by atoms with Gasteiger partial charge in [-0.3, -0.25) is 0 Å². The van der Waals surface area contributed by atoms with Gasteiger partial charge in [0.1, 0.15) is 17.0 Å². The average Bonchev–Trinajstić information content (AvgIpc) is 3.16. The van der Waals surface area contributed by atoms with Crippen molar-refractivity contribution in [2.24, 2.45) is 0 Å². The Morgan fingerprint density at radius 1 is 0.967 bits per heavy atom. The van der Waals surface area contributed by atoms with Crippen LogP contribution in [0.5, 0.6) is 5.75 Å². The second-order valence-electron chi connectivity index (χ2n) is 6.67. The largest absolute Gasteiger partial charge is 0.493 e. The highest BCUT2D eigenvalue weighted by atomic mass is 16.5. The van der Waals surface area contributed by atoms with E-state index in [0.29, 0.717) is 23.6 Å². The molecule has 156 valence electrons. The molecular formula is C23H24N2O5. The number of benzene rings is 2. The van der Waals surface area contributed by atoms with E-state index in [4.69, 9.17) is 14.2 Å². The van der Waals surface area contributed by atoms with Crippen molar-refractivity contribution >= 4 is 11.9 Å². The Kier molecular flexibility index (Phi) is 6.20. The first-order valence-corrected chi connectivity index (χ1v) is 9.52. The van der Waals surface area contributed by atoms with Crippen LogP contribution >= 0.6 is 0 Å². The highest BCUT2D eigenvalue weighted by Crippen LogP contribution is 2.34. The van der Waals surface area contributed by atoms with Gasteiger partial charge in [0.2, 0.25) is 0 Å². The van der Waals surface area contributed by atoms with Gasteiger partial charge in [0.25, 0.3) is 0 Å². The van der Waals surface area contributed by atoms with Crippen molar-refractivity contribution in [2.45, 2.75) is 20.8 Å². The lowest BCUT2D eigenvalue weighted by atomic mass is 10.00. The first kappa shape index (κ1) is 21.1. The maximum Gasteiger partial charge on any atom is 0.357 e. The van der Waals surface area contributed by atoms with E-state index in [-0.39, 0.29) is 11.3 Å². The van der Waals surface area contributed by atoms with Gasteiger partial charge in [-0.25, -0.2) is 14.3 Å². The van der Waals surface area contributed by atoms with E-state index >= 15 is 0 Å². The van der Waals surface area contributed by atoms with Gasteiger partial charge in [-0.15, -0.1) is 0 Å². The van der Waals surface area contributed by atoms with Crippen molar-refractivity contribution in [3.8, 4) is 22.7 Å². The van der Waals surface area contributed by atoms with Gasteiger partial charge < -0.3 is 14.2 Å². The van der Waals surface area contributed by atoms with Crippen LogP contribution in [0, 0.1) is 13.8 Å². The summed E-state index contributed by atoms with van der Waals surface area (Å²) in [7, 11) is 2.53. The summed E-state index contributed by atoms with van der Waals surface area (Å²) in [6.45, 7) is 6.32. The number of esters is 2. The molecule has 3 rings (SSSR count). The van der Waals surface area contributed by atoms with Crippen LogP contribution in [0.25, 0.3) is 16.9 Å². The lowest BCUT2D eigenvalue weighted by Crippen LogP contribution is -2.15. The first-order chi connectivity index (χ1) is 14.4. The Balaban J connectivity index is 2.33. The Labute approximate surface area is 175 Å². The molecule has 1 heterocycles. The lowest BCUT2D eigenvalue weighted by molar-refractivity contribution is 0.0549. The molecule has 0 amide bonds. The molecule has 0 aliphatic rings. The highest BCUT2D eigenvalue weighted by molar-refractivity contribution is 6.06. The van der Waals surface area contributed by atoms with Gasteiger partial charge in [0.15, 0.2) is 5.69 Å². The van der Waals surface area contributed by atoms with Crippen LogP contribution in [-0.2, 0) is 9.47 Å². The SMILES string of the molecule is CCOc1c(C)cc(-c2nn(-c3ccccc3)c(C(=O)OC)c2C(=O)OC)cc1C. The van der Waals surface area contributed by atoms with Gasteiger partial charge >= 0.3 is 11.9 Å². The smallest absolute Gasteiger partial charge is 0.357 e. The molecule has 0 aliphatic carbocycles. The number of carbonyl (C=O) groups is 2. The zero-order chi connectivity index (χ0) is 21.8. The second-order valence-corrected chi connectivity index (χ2v) is 6.67. The molecule has 0 aliphatic heterocycles. The predicted molar refractivity (Wildman–Crippen MR) is 112 cm³/mol. The molecule has 0 saturated carbocycles. The molecule has 0 radical (unpaired) electrons. The van der Waals surface area contributed by atoms with Crippen LogP contribution in [-0.4, -0.2) is 42.5 Å². The van der Waals surface area contributed by atoms with Crippen molar-refractivity contribution in [1.29, 1.82) is 0 Å². The van der Waals surface area contributed by atoms with E-state index in [9.17, 15) is 9.59 Å². The Morgan fingerprint density at radius 2 is 1.57 bits per heavy atom. The number of para-hydroxylation sites is 1. The average molecular weight is 408 g/mol. The number of aryl methyl sites for hydroxylation is 2. The lowest BCUT2D eigenvalue weighted by Gasteiger charge is -2.12. The Hall–Kier alpha value is -3.61. The summed E-state index contributed by atoms with van der Waals surface area (Å²) < 4.78 is 17.1. The number of hydrogen-bond donors (Lipinski definition) is 0. The molecule has 7 nitrogen and oxygen atoms in total. The van der Waals surface area contributed by atoms with E-state index in [1.54, 1.807) is 12.1 Å². The molecule has 0 spiro atoms. The Bertz CT molecular complexity index is 1060. The normalized spacial score (nSPS) is 10.6. The van der Waals surface area contributed by atoms with Crippen molar-refractivity contribution in [2.75, 3.05) is 20.8 Å². The molecule has 2 aromatic carbocycles. The fraction of sp³-hybridized carbons (Fsp3) is 0.261. The van der Waals surface area contributed by atoms with Crippen LogP contribution < -0.4 is 4.74 Å². The third-order valence-electron chi connectivity index (χ3n) is 4.68. The number of aromatic nitrogens is 2.